The lowest BCUT2D eigenvalue weighted by Gasteiger charge is -2.50. The molecule has 146 valence electrons. The highest BCUT2D eigenvalue weighted by molar-refractivity contribution is 6.00. The van der Waals surface area contributed by atoms with Crippen LogP contribution >= 0.6 is 0 Å². The highest BCUT2D eigenvalue weighted by atomic mass is 16.2. The van der Waals surface area contributed by atoms with E-state index in [2.05, 4.69) is 21.9 Å². The molecule has 0 radical (unpaired) electrons. The van der Waals surface area contributed by atoms with Gasteiger partial charge in [-0.25, -0.2) is 9.50 Å². The van der Waals surface area contributed by atoms with Crippen molar-refractivity contribution in [2.45, 2.75) is 38.1 Å². The second-order valence-corrected chi connectivity index (χ2v) is 7.88. The summed E-state index contributed by atoms with van der Waals surface area (Å²) in [6.45, 7) is 5.86. The van der Waals surface area contributed by atoms with Crippen LogP contribution in [0.25, 0.3) is 5.52 Å². The van der Waals surface area contributed by atoms with Crippen LogP contribution in [0.4, 0.5) is 0 Å². The van der Waals surface area contributed by atoms with E-state index in [-0.39, 0.29) is 11.4 Å². The zero-order valence-corrected chi connectivity index (χ0v) is 16.3. The number of carbonyl (C=O) groups is 1. The Morgan fingerprint density at radius 3 is 2.93 bits per heavy atom. The number of hydrogen-bond acceptors (Lipinski definition) is 4. The number of nitrogens with one attached hydrogen (secondary N) is 1. The summed E-state index contributed by atoms with van der Waals surface area (Å²) in [6.07, 6.45) is 9.41. The molecular weight excluding hydrogens is 352 g/mol. The highest BCUT2D eigenvalue weighted by Crippen LogP contribution is 2.42. The molecule has 3 aromatic heterocycles. The summed E-state index contributed by atoms with van der Waals surface area (Å²) in [6, 6.07) is 5.82. The van der Waals surface area contributed by atoms with Crippen LogP contribution in [0.1, 0.15) is 47.9 Å². The molecule has 7 heteroatoms. The number of nitrogens with zero attached hydrogens (tertiary/aromatic N) is 5. The number of amides is 1. The first-order chi connectivity index (χ1) is 13.7. The van der Waals surface area contributed by atoms with Gasteiger partial charge in [0.25, 0.3) is 5.91 Å². The number of rotatable bonds is 3. The largest absolute Gasteiger partial charge is 0.348 e. The van der Waals surface area contributed by atoms with Gasteiger partial charge in [0.05, 0.1) is 34.8 Å². The molecule has 1 spiro atoms. The van der Waals surface area contributed by atoms with E-state index in [4.69, 9.17) is 4.98 Å². The molecule has 28 heavy (non-hydrogen) atoms. The minimum atomic E-state index is -0.0402. The van der Waals surface area contributed by atoms with Crippen molar-refractivity contribution in [1.29, 1.82) is 0 Å². The molecule has 1 saturated heterocycles. The van der Waals surface area contributed by atoms with E-state index < -0.39 is 0 Å². The summed E-state index contributed by atoms with van der Waals surface area (Å²) in [4.78, 5) is 25.8. The molecule has 1 N–H and O–H groups in total. The molecule has 5 heterocycles. The summed E-state index contributed by atoms with van der Waals surface area (Å²) in [7, 11) is 0. The molecule has 1 amide bonds. The quantitative estimate of drug-likeness (QED) is 0.760. The average molecular weight is 378 g/mol. The fourth-order valence-corrected chi connectivity index (χ4v) is 5.02. The van der Waals surface area contributed by atoms with Crippen molar-refractivity contribution in [3.05, 3.63) is 53.9 Å². The minimum absolute atomic E-state index is 0.0402. The number of likely N-dealkylation sites (tertiary alicyclic amines) is 1. The van der Waals surface area contributed by atoms with Crippen molar-refractivity contribution in [2.75, 3.05) is 26.2 Å². The number of carbonyl (C=O) groups excluding carboxylic acids is 1. The fourth-order valence-electron chi connectivity index (χ4n) is 5.02. The number of piperidine rings is 1. The Labute approximate surface area is 164 Å². The first-order valence-corrected chi connectivity index (χ1v) is 10.2. The molecule has 0 bridgehead atoms. The minimum Gasteiger partial charge on any atom is -0.348 e. The Bertz CT molecular complexity index is 997. The van der Waals surface area contributed by atoms with Crippen LogP contribution in [-0.4, -0.2) is 61.5 Å². The van der Waals surface area contributed by atoms with Crippen molar-refractivity contribution in [1.82, 2.24) is 29.4 Å². The average Bonchev–Trinajstić information content (AvgIpc) is 3.38. The van der Waals surface area contributed by atoms with E-state index in [9.17, 15) is 4.79 Å². The zero-order valence-electron chi connectivity index (χ0n) is 16.3. The van der Waals surface area contributed by atoms with E-state index in [1.54, 1.807) is 10.7 Å². The molecule has 3 aromatic rings. The lowest BCUT2D eigenvalue weighted by atomic mass is 9.78. The monoisotopic (exact) mass is 378 g/mol. The van der Waals surface area contributed by atoms with E-state index in [1.165, 1.54) is 11.4 Å². The summed E-state index contributed by atoms with van der Waals surface area (Å²) in [5.41, 5.74) is 3.99. The molecule has 5 rings (SSSR count). The number of hydrogen-bond donors (Lipinski definition) is 1. The molecule has 0 aliphatic carbocycles. The van der Waals surface area contributed by atoms with Crippen LogP contribution in [0.3, 0.4) is 0 Å². The normalized spacial score (nSPS) is 19.2. The smallest absolute Gasteiger partial charge is 0.257 e. The number of aromatic amines is 1. The summed E-state index contributed by atoms with van der Waals surface area (Å²) in [5.74, 6) is 0.0798. The van der Waals surface area contributed by atoms with E-state index in [0.29, 0.717) is 5.56 Å². The van der Waals surface area contributed by atoms with E-state index in [0.717, 1.165) is 57.4 Å². The third kappa shape index (κ3) is 2.57. The predicted molar refractivity (Wildman–Crippen MR) is 106 cm³/mol. The van der Waals surface area contributed by atoms with Crippen molar-refractivity contribution in [2.24, 2.45) is 0 Å². The topological polar surface area (TPSA) is 69.5 Å². The lowest BCUT2D eigenvalue weighted by Crippen LogP contribution is -2.57. The Balaban J connectivity index is 1.40. The summed E-state index contributed by atoms with van der Waals surface area (Å²) in [5, 5.41) is 4.32. The van der Waals surface area contributed by atoms with Crippen molar-refractivity contribution in [3.8, 4) is 0 Å². The summed E-state index contributed by atoms with van der Waals surface area (Å²) < 4.78 is 1.76. The Kier molecular flexibility index (Phi) is 4.19. The third-order valence-corrected chi connectivity index (χ3v) is 6.42. The van der Waals surface area contributed by atoms with Gasteiger partial charge in [0, 0.05) is 37.9 Å². The van der Waals surface area contributed by atoms with Gasteiger partial charge >= 0.3 is 0 Å². The second kappa shape index (κ2) is 6.74. The van der Waals surface area contributed by atoms with Gasteiger partial charge in [-0.2, -0.15) is 5.10 Å². The fraction of sp³-hybridized carbons (Fsp3) is 0.476. The molecule has 2 aliphatic heterocycles. The molecule has 0 unspecified atom stereocenters. The molecular formula is C21H26N6O. The maximum absolute atomic E-state index is 13.2. The summed E-state index contributed by atoms with van der Waals surface area (Å²) >= 11 is 0. The van der Waals surface area contributed by atoms with Crippen LogP contribution < -0.4 is 0 Å². The van der Waals surface area contributed by atoms with Gasteiger partial charge in [-0.05, 0) is 37.9 Å². The lowest BCUT2D eigenvalue weighted by molar-refractivity contribution is 0.00715. The van der Waals surface area contributed by atoms with Gasteiger partial charge in [-0.3, -0.25) is 9.69 Å². The van der Waals surface area contributed by atoms with Crippen LogP contribution in [0.15, 0.2) is 36.9 Å². The SMILES string of the molecule is CCCN1CCc2[nH]cnc2C12CCN(C(=O)c1cnn3ccccc13)CC2. The van der Waals surface area contributed by atoms with Crippen LogP contribution in [0, 0.1) is 0 Å². The van der Waals surface area contributed by atoms with Crippen molar-refractivity contribution >= 4 is 11.4 Å². The number of aromatic nitrogens is 4. The first-order valence-electron chi connectivity index (χ1n) is 10.2. The van der Waals surface area contributed by atoms with Gasteiger partial charge in [0.2, 0.25) is 0 Å². The Morgan fingerprint density at radius 1 is 1.25 bits per heavy atom. The van der Waals surface area contributed by atoms with Crippen molar-refractivity contribution in [3.63, 3.8) is 0 Å². The molecule has 1 fully saturated rings. The molecule has 7 nitrogen and oxygen atoms in total. The Hall–Kier alpha value is -2.67. The number of H-pyrrole nitrogens is 1. The number of fused-ring (bicyclic) bond motifs is 3. The van der Waals surface area contributed by atoms with Gasteiger partial charge in [-0.1, -0.05) is 13.0 Å². The zero-order chi connectivity index (χ0) is 19.1. The number of imidazole rings is 1. The van der Waals surface area contributed by atoms with Gasteiger partial charge in [0.15, 0.2) is 0 Å². The van der Waals surface area contributed by atoms with Gasteiger partial charge < -0.3 is 9.88 Å². The molecule has 0 aromatic carbocycles. The second-order valence-electron chi connectivity index (χ2n) is 7.88. The van der Waals surface area contributed by atoms with Crippen LogP contribution in [-0.2, 0) is 12.0 Å². The maximum atomic E-state index is 13.2. The Morgan fingerprint density at radius 2 is 2.11 bits per heavy atom. The van der Waals surface area contributed by atoms with Crippen LogP contribution in [0.2, 0.25) is 0 Å². The van der Waals surface area contributed by atoms with E-state index in [1.807, 2.05) is 35.6 Å². The molecule has 0 atom stereocenters. The van der Waals surface area contributed by atoms with Crippen LogP contribution in [0.5, 0.6) is 0 Å². The van der Waals surface area contributed by atoms with Gasteiger partial charge in [0.1, 0.15) is 0 Å². The van der Waals surface area contributed by atoms with Gasteiger partial charge in [-0.15, -0.1) is 0 Å². The number of pyridine rings is 1. The highest BCUT2D eigenvalue weighted by Gasteiger charge is 2.46. The van der Waals surface area contributed by atoms with Crippen molar-refractivity contribution < 1.29 is 4.79 Å². The van der Waals surface area contributed by atoms with E-state index >= 15 is 0 Å². The predicted octanol–water partition coefficient (Wildman–Crippen LogP) is 2.46. The molecule has 0 saturated carbocycles. The third-order valence-electron chi connectivity index (χ3n) is 6.42. The standard InChI is InChI=1S/C21H26N6O/c1-2-9-26-11-6-17-19(23-15-22-17)21(26)7-12-25(13-8-21)20(28)16-14-24-27-10-4-3-5-18(16)27/h3-5,10,14-15H,2,6-9,11-13H2,1H3,(H,22,23). The molecule has 2 aliphatic rings. The maximum Gasteiger partial charge on any atom is 0.257 e. The first kappa shape index (κ1) is 17.4.